The third-order valence-electron chi connectivity index (χ3n) is 2.02. The lowest BCUT2D eigenvalue weighted by atomic mass is 10.1. The summed E-state index contributed by atoms with van der Waals surface area (Å²) in [6, 6.07) is 3.98. The summed E-state index contributed by atoms with van der Waals surface area (Å²) in [6.45, 7) is -0.208. The van der Waals surface area contributed by atoms with Crippen LogP contribution in [0.4, 0.5) is 8.78 Å². The molecule has 1 rings (SSSR count). The van der Waals surface area contributed by atoms with Crippen LogP contribution in [0.15, 0.2) is 18.2 Å². The zero-order valence-electron chi connectivity index (χ0n) is 8.91. The van der Waals surface area contributed by atoms with Gasteiger partial charge in [0.1, 0.15) is 0 Å². The van der Waals surface area contributed by atoms with Crippen LogP contribution in [0.1, 0.15) is 15.9 Å². The number of hydrogen-bond donors (Lipinski definition) is 2. The minimum atomic E-state index is -3.55. The normalized spacial score (nSPS) is 11.1. The molecule has 0 aliphatic heterocycles. The molecule has 0 aliphatic carbocycles. The van der Waals surface area contributed by atoms with Gasteiger partial charge in [-0.05, 0) is 17.7 Å². The van der Waals surface area contributed by atoms with Crippen LogP contribution < -0.4 is 5.32 Å². The fourth-order valence-corrected chi connectivity index (χ4v) is 1.45. The van der Waals surface area contributed by atoms with E-state index in [0.29, 0.717) is 5.56 Å². The average Bonchev–Trinajstić information content (AvgIpc) is 2.25. The largest absolute Gasteiger partial charge is 0.478 e. The van der Waals surface area contributed by atoms with Crippen molar-refractivity contribution in [3.63, 3.8) is 0 Å². The number of aromatic carboxylic acids is 1. The molecule has 1 aromatic carbocycles. The lowest BCUT2D eigenvalue weighted by Gasteiger charge is -2.11. The van der Waals surface area contributed by atoms with Gasteiger partial charge in [-0.15, -0.1) is 0 Å². The highest BCUT2D eigenvalue weighted by atomic mass is 35.5. The number of nitrogens with one attached hydrogen (secondary N) is 1. The Kier molecular flexibility index (Phi) is 4.59. The fourth-order valence-electron chi connectivity index (χ4n) is 1.15. The second-order valence-corrected chi connectivity index (χ2v) is 4.56. The highest BCUT2D eigenvalue weighted by Crippen LogP contribution is 2.22. The minimum Gasteiger partial charge on any atom is -0.478 e. The molecule has 0 saturated carbocycles. The van der Waals surface area contributed by atoms with E-state index in [4.69, 9.17) is 16.7 Å². The van der Waals surface area contributed by atoms with Gasteiger partial charge in [-0.2, -0.15) is 8.78 Å². The third-order valence-corrected chi connectivity index (χ3v) is 2.61. The monoisotopic (exact) mass is 295 g/mol. The number of hydrogen-bond acceptors (Lipinski definition) is 2. The van der Waals surface area contributed by atoms with E-state index >= 15 is 0 Å². The molecular formula is C10H9ClF2NO3P. The van der Waals surface area contributed by atoms with Crippen molar-refractivity contribution in [2.45, 2.75) is 12.2 Å². The first-order chi connectivity index (χ1) is 8.21. The van der Waals surface area contributed by atoms with Crippen LogP contribution >= 0.6 is 20.8 Å². The average molecular weight is 296 g/mol. The molecule has 0 radical (unpaired) electrons. The van der Waals surface area contributed by atoms with E-state index < -0.39 is 17.5 Å². The zero-order valence-corrected chi connectivity index (χ0v) is 10.8. The molecule has 18 heavy (non-hydrogen) atoms. The molecular weight excluding hydrogens is 287 g/mol. The zero-order chi connectivity index (χ0) is 13.9. The van der Waals surface area contributed by atoms with Crippen molar-refractivity contribution in [3.05, 3.63) is 34.3 Å². The summed E-state index contributed by atoms with van der Waals surface area (Å²) in [7, 11) is 1.11. The molecule has 0 bridgehead atoms. The number of carbonyl (C=O) groups is 2. The molecule has 1 unspecified atom stereocenters. The van der Waals surface area contributed by atoms with Crippen molar-refractivity contribution >= 4 is 32.7 Å². The molecule has 0 fully saturated rings. The van der Waals surface area contributed by atoms with Crippen molar-refractivity contribution in [3.8, 4) is 0 Å². The van der Waals surface area contributed by atoms with E-state index in [1.54, 1.807) is 0 Å². The molecule has 0 aromatic heterocycles. The Balaban J connectivity index is 2.78. The van der Waals surface area contributed by atoms with Gasteiger partial charge >= 0.3 is 11.6 Å². The van der Waals surface area contributed by atoms with Gasteiger partial charge in [0, 0.05) is 6.54 Å². The van der Waals surface area contributed by atoms with E-state index in [-0.39, 0.29) is 17.1 Å². The van der Waals surface area contributed by atoms with Crippen LogP contribution in [0, 0.1) is 0 Å². The van der Waals surface area contributed by atoms with E-state index in [0.717, 1.165) is 9.24 Å². The Morgan fingerprint density at radius 3 is 2.56 bits per heavy atom. The number of carbonyl (C=O) groups excluding carboxylic acids is 1. The van der Waals surface area contributed by atoms with Gasteiger partial charge < -0.3 is 10.4 Å². The summed E-state index contributed by atoms with van der Waals surface area (Å²) in [5, 5.41) is 10.8. The first-order valence-corrected chi connectivity index (χ1v) is 5.64. The van der Waals surface area contributed by atoms with Gasteiger partial charge in [-0.3, -0.25) is 4.79 Å². The lowest BCUT2D eigenvalue weighted by molar-refractivity contribution is -0.135. The number of amides is 1. The van der Waals surface area contributed by atoms with Gasteiger partial charge in [-0.25, -0.2) is 4.79 Å². The Bertz CT molecular complexity index is 491. The fraction of sp³-hybridized carbons (Fsp3) is 0.200. The highest BCUT2D eigenvalue weighted by molar-refractivity contribution is 7.20. The van der Waals surface area contributed by atoms with Crippen molar-refractivity contribution < 1.29 is 23.5 Å². The topological polar surface area (TPSA) is 66.4 Å². The quantitative estimate of drug-likeness (QED) is 0.836. The number of carboxylic acid groups (broad SMARTS) is 1. The molecule has 0 aliphatic rings. The van der Waals surface area contributed by atoms with Crippen LogP contribution in [0.3, 0.4) is 0 Å². The van der Waals surface area contributed by atoms with Gasteiger partial charge in [0.15, 0.2) is 0 Å². The first kappa shape index (κ1) is 14.8. The second-order valence-electron chi connectivity index (χ2n) is 3.42. The Hall–Kier alpha value is -1.26. The smallest absolute Gasteiger partial charge is 0.337 e. The number of alkyl halides is 2. The van der Waals surface area contributed by atoms with E-state index in [1.165, 1.54) is 18.2 Å². The molecule has 0 spiro atoms. The first-order valence-electron chi connectivity index (χ1n) is 4.68. The maximum atomic E-state index is 12.5. The Morgan fingerprint density at radius 1 is 1.44 bits per heavy atom. The Morgan fingerprint density at radius 2 is 2.06 bits per heavy atom. The predicted molar refractivity (Wildman–Crippen MR) is 64.9 cm³/mol. The number of halogens is 3. The summed E-state index contributed by atoms with van der Waals surface area (Å²) in [5.74, 6) is -2.69. The summed E-state index contributed by atoms with van der Waals surface area (Å²) >= 11 is 5.63. The standard InChI is InChI=1S/C10H9ClF2NO3P/c11-7-2-1-5(3-6(7)8(15)16)4-14-9(17)10(12,13)18/h1-3H,4,18H2,(H,14,17)(H,15,16). The highest BCUT2D eigenvalue weighted by Gasteiger charge is 2.31. The van der Waals surface area contributed by atoms with Gasteiger partial charge in [0.2, 0.25) is 0 Å². The van der Waals surface area contributed by atoms with Crippen molar-refractivity contribution in [1.29, 1.82) is 0 Å². The van der Waals surface area contributed by atoms with Crippen LogP contribution in [0.5, 0.6) is 0 Å². The summed E-state index contributed by atoms with van der Waals surface area (Å²) < 4.78 is 25.1. The molecule has 1 amide bonds. The maximum absolute atomic E-state index is 12.5. The summed E-state index contributed by atoms with van der Waals surface area (Å²) in [5.41, 5.74) is -3.34. The van der Waals surface area contributed by atoms with Gasteiger partial charge in [0.05, 0.1) is 10.6 Å². The van der Waals surface area contributed by atoms with E-state index in [2.05, 4.69) is 0 Å². The van der Waals surface area contributed by atoms with Crippen LogP contribution in [-0.2, 0) is 11.3 Å². The third kappa shape index (κ3) is 3.89. The molecule has 8 heteroatoms. The van der Waals surface area contributed by atoms with Gasteiger partial charge in [0.25, 0.3) is 5.91 Å². The SMILES string of the molecule is O=C(O)c1cc(CNC(=O)C(F)(F)P)ccc1Cl. The predicted octanol–water partition coefficient (Wildman–Crippen LogP) is 2.12. The van der Waals surface area contributed by atoms with Crippen molar-refractivity contribution in [2.75, 3.05) is 0 Å². The van der Waals surface area contributed by atoms with Crippen LogP contribution in [-0.4, -0.2) is 22.6 Å². The molecule has 98 valence electrons. The molecule has 4 nitrogen and oxygen atoms in total. The number of rotatable bonds is 4. The second kappa shape index (κ2) is 5.59. The van der Waals surface area contributed by atoms with E-state index in [1.807, 2.05) is 5.32 Å². The van der Waals surface area contributed by atoms with Gasteiger partial charge in [-0.1, -0.05) is 26.9 Å². The molecule has 0 heterocycles. The maximum Gasteiger partial charge on any atom is 0.337 e. The Labute approximate surface area is 109 Å². The van der Waals surface area contributed by atoms with Crippen molar-refractivity contribution in [2.24, 2.45) is 0 Å². The van der Waals surface area contributed by atoms with Crippen molar-refractivity contribution in [1.82, 2.24) is 5.32 Å². The summed E-state index contributed by atoms with van der Waals surface area (Å²) in [6.07, 6.45) is 0. The minimum absolute atomic E-state index is 0.0361. The van der Waals surface area contributed by atoms with Crippen LogP contribution in [0.25, 0.3) is 0 Å². The number of benzene rings is 1. The molecule has 1 atom stereocenters. The number of carboxylic acids is 1. The molecule has 2 N–H and O–H groups in total. The lowest BCUT2D eigenvalue weighted by Crippen LogP contribution is -2.35. The summed E-state index contributed by atoms with van der Waals surface area (Å²) in [4.78, 5) is 21.7. The molecule has 1 aromatic rings. The molecule has 0 saturated heterocycles. The van der Waals surface area contributed by atoms with Crippen LogP contribution in [0.2, 0.25) is 5.02 Å². The van der Waals surface area contributed by atoms with E-state index in [9.17, 15) is 18.4 Å².